The average molecular weight is 284 g/mol. The second kappa shape index (κ2) is 6.26. The molecule has 1 aliphatic heterocycles. The van der Waals surface area contributed by atoms with Crippen LogP contribution in [0.15, 0.2) is 24.3 Å². The lowest BCUT2D eigenvalue weighted by molar-refractivity contribution is -0.146. The van der Waals surface area contributed by atoms with E-state index in [4.69, 9.17) is 21.1 Å². The van der Waals surface area contributed by atoms with Crippen molar-refractivity contribution in [3.8, 4) is 0 Å². The van der Waals surface area contributed by atoms with Crippen LogP contribution in [0.25, 0.3) is 0 Å². The van der Waals surface area contributed by atoms with Crippen LogP contribution in [-0.4, -0.2) is 31.8 Å². The van der Waals surface area contributed by atoms with Gasteiger partial charge in [0.2, 0.25) is 0 Å². The molecule has 0 radical (unpaired) electrons. The van der Waals surface area contributed by atoms with E-state index >= 15 is 0 Å². The fourth-order valence-electron chi connectivity index (χ4n) is 2.37. The van der Waals surface area contributed by atoms with Crippen molar-refractivity contribution in [1.82, 2.24) is 0 Å². The molecule has 0 saturated carbocycles. The van der Waals surface area contributed by atoms with E-state index < -0.39 is 5.54 Å². The third-order valence-electron chi connectivity index (χ3n) is 3.35. The van der Waals surface area contributed by atoms with E-state index in [0.29, 0.717) is 31.1 Å². The Kier molecular flexibility index (Phi) is 4.66. The quantitative estimate of drug-likeness (QED) is 0.867. The Morgan fingerprint density at radius 2 is 2.26 bits per heavy atom. The number of hydrogen-bond acceptors (Lipinski definition) is 4. The van der Waals surface area contributed by atoms with Gasteiger partial charge in [-0.25, -0.2) is 4.79 Å². The van der Waals surface area contributed by atoms with Crippen molar-refractivity contribution in [3.05, 3.63) is 29.3 Å². The standard InChI is InChI=1S/C14H18ClNO3/c1-18-13(17)14(6-3-8-19-9-7-14)16-12-5-2-4-11(15)10-12/h2,4-5,10,16H,3,6-9H2,1H3. The topological polar surface area (TPSA) is 47.6 Å². The van der Waals surface area contributed by atoms with Crippen molar-refractivity contribution < 1.29 is 14.3 Å². The maximum atomic E-state index is 12.2. The minimum atomic E-state index is -0.726. The number of hydrogen-bond donors (Lipinski definition) is 1. The number of anilines is 1. The number of ether oxygens (including phenoxy) is 2. The van der Waals surface area contributed by atoms with Crippen molar-refractivity contribution in [1.29, 1.82) is 0 Å². The lowest BCUT2D eigenvalue weighted by Crippen LogP contribution is -2.47. The second-order valence-electron chi connectivity index (χ2n) is 4.67. The maximum absolute atomic E-state index is 12.2. The summed E-state index contributed by atoms with van der Waals surface area (Å²) in [6, 6.07) is 7.34. The third kappa shape index (κ3) is 3.39. The van der Waals surface area contributed by atoms with Crippen molar-refractivity contribution in [2.24, 2.45) is 0 Å². The number of rotatable bonds is 3. The first kappa shape index (κ1) is 14.2. The number of benzene rings is 1. The number of halogens is 1. The summed E-state index contributed by atoms with van der Waals surface area (Å²) in [5, 5.41) is 3.92. The Hall–Kier alpha value is -1.26. The van der Waals surface area contributed by atoms with Crippen LogP contribution in [-0.2, 0) is 14.3 Å². The van der Waals surface area contributed by atoms with Crippen LogP contribution in [0, 0.1) is 0 Å². The molecule has 1 N–H and O–H groups in total. The Bertz CT molecular complexity index is 442. The third-order valence-corrected chi connectivity index (χ3v) is 3.58. The van der Waals surface area contributed by atoms with E-state index in [-0.39, 0.29) is 5.97 Å². The molecule has 1 aliphatic rings. The van der Waals surface area contributed by atoms with E-state index in [1.165, 1.54) is 7.11 Å². The predicted octanol–water partition coefficient (Wildman–Crippen LogP) is 2.86. The predicted molar refractivity (Wildman–Crippen MR) is 74.5 cm³/mol. The largest absolute Gasteiger partial charge is 0.467 e. The van der Waals surface area contributed by atoms with Gasteiger partial charge in [0.05, 0.1) is 7.11 Å². The van der Waals surface area contributed by atoms with Crippen LogP contribution in [0.2, 0.25) is 5.02 Å². The summed E-state index contributed by atoms with van der Waals surface area (Å²) in [7, 11) is 1.41. The molecule has 0 aliphatic carbocycles. The zero-order chi connectivity index (χ0) is 13.7. The van der Waals surface area contributed by atoms with E-state index in [0.717, 1.165) is 12.1 Å². The highest BCUT2D eigenvalue weighted by Crippen LogP contribution is 2.28. The van der Waals surface area contributed by atoms with Gasteiger partial charge in [-0.1, -0.05) is 17.7 Å². The molecule has 0 spiro atoms. The summed E-state index contributed by atoms with van der Waals surface area (Å²) in [4.78, 5) is 12.2. The van der Waals surface area contributed by atoms with Gasteiger partial charge in [0.15, 0.2) is 0 Å². The first-order valence-corrected chi connectivity index (χ1v) is 6.74. The monoisotopic (exact) mass is 283 g/mol. The molecule has 1 saturated heterocycles. The van der Waals surface area contributed by atoms with Gasteiger partial charge < -0.3 is 14.8 Å². The SMILES string of the molecule is COC(=O)C1(Nc2cccc(Cl)c2)CCCOCC1. The Labute approximate surface area is 118 Å². The fourth-order valence-corrected chi connectivity index (χ4v) is 2.56. The molecule has 0 bridgehead atoms. The molecule has 1 heterocycles. The summed E-state index contributed by atoms with van der Waals surface area (Å²) < 4.78 is 10.4. The number of nitrogens with one attached hydrogen (secondary N) is 1. The molecule has 4 nitrogen and oxygen atoms in total. The van der Waals surface area contributed by atoms with Gasteiger partial charge >= 0.3 is 5.97 Å². The lowest BCUT2D eigenvalue weighted by Gasteiger charge is -2.31. The first-order valence-electron chi connectivity index (χ1n) is 6.36. The smallest absolute Gasteiger partial charge is 0.331 e. The van der Waals surface area contributed by atoms with E-state index in [1.54, 1.807) is 12.1 Å². The Balaban J connectivity index is 2.24. The van der Waals surface area contributed by atoms with Gasteiger partial charge in [0, 0.05) is 30.3 Å². The molecule has 0 aromatic heterocycles. The average Bonchev–Trinajstić information content (AvgIpc) is 2.64. The maximum Gasteiger partial charge on any atom is 0.331 e. The van der Waals surface area contributed by atoms with E-state index in [1.807, 2.05) is 12.1 Å². The van der Waals surface area contributed by atoms with Crippen molar-refractivity contribution in [2.75, 3.05) is 25.6 Å². The molecule has 19 heavy (non-hydrogen) atoms. The molecule has 1 aromatic carbocycles. The summed E-state index contributed by atoms with van der Waals surface area (Å²) in [5.41, 5.74) is 0.0930. The lowest BCUT2D eigenvalue weighted by atomic mass is 9.90. The summed E-state index contributed by atoms with van der Waals surface area (Å²) in [6.07, 6.45) is 2.10. The van der Waals surface area contributed by atoms with Gasteiger partial charge in [-0.15, -0.1) is 0 Å². The number of carbonyl (C=O) groups is 1. The summed E-state index contributed by atoms with van der Waals surface area (Å²) in [5.74, 6) is -0.252. The molecule has 5 heteroatoms. The number of carbonyl (C=O) groups excluding carboxylic acids is 1. The van der Waals surface area contributed by atoms with Crippen LogP contribution in [0.3, 0.4) is 0 Å². The van der Waals surface area contributed by atoms with Crippen molar-refractivity contribution in [2.45, 2.75) is 24.8 Å². The molecule has 1 atom stereocenters. The molecule has 1 aromatic rings. The van der Waals surface area contributed by atoms with Gasteiger partial charge in [-0.2, -0.15) is 0 Å². The van der Waals surface area contributed by atoms with Crippen molar-refractivity contribution >= 4 is 23.3 Å². The molecular weight excluding hydrogens is 266 g/mol. The highest BCUT2D eigenvalue weighted by Gasteiger charge is 2.40. The minimum absolute atomic E-state index is 0.252. The van der Waals surface area contributed by atoms with Gasteiger partial charge in [-0.05, 0) is 31.0 Å². The molecule has 104 valence electrons. The Morgan fingerprint density at radius 1 is 1.42 bits per heavy atom. The first-order chi connectivity index (χ1) is 9.16. The fraction of sp³-hybridized carbons (Fsp3) is 0.500. The highest BCUT2D eigenvalue weighted by atomic mass is 35.5. The highest BCUT2D eigenvalue weighted by molar-refractivity contribution is 6.30. The molecule has 0 amide bonds. The molecular formula is C14H18ClNO3. The van der Waals surface area contributed by atoms with Crippen LogP contribution in [0.1, 0.15) is 19.3 Å². The molecule has 2 rings (SSSR count). The van der Waals surface area contributed by atoms with Gasteiger partial charge in [0.1, 0.15) is 5.54 Å². The zero-order valence-corrected chi connectivity index (χ0v) is 11.7. The second-order valence-corrected chi connectivity index (χ2v) is 5.11. The van der Waals surface area contributed by atoms with Crippen LogP contribution < -0.4 is 5.32 Å². The molecule has 1 fully saturated rings. The Morgan fingerprint density at radius 3 is 3.00 bits per heavy atom. The summed E-state index contributed by atoms with van der Waals surface area (Å²) in [6.45, 7) is 1.22. The van der Waals surface area contributed by atoms with Gasteiger partial charge in [-0.3, -0.25) is 0 Å². The van der Waals surface area contributed by atoms with E-state index in [2.05, 4.69) is 5.32 Å². The van der Waals surface area contributed by atoms with Crippen LogP contribution in [0.4, 0.5) is 5.69 Å². The minimum Gasteiger partial charge on any atom is -0.467 e. The summed E-state index contributed by atoms with van der Waals surface area (Å²) >= 11 is 5.97. The van der Waals surface area contributed by atoms with Gasteiger partial charge in [0.25, 0.3) is 0 Å². The molecule has 1 unspecified atom stereocenters. The van der Waals surface area contributed by atoms with E-state index in [9.17, 15) is 4.79 Å². The van der Waals surface area contributed by atoms with Crippen molar-refractivity contribution in [3.63, 3.8) is 0 Å². The van der Waals surface area contributed by atoms with Crippen LogP contribution >= 0.6 is 11.6 Å². The number of methoxy groups -OCH3 is 1. The normalized spacial score (nSPS) is 23.5. The van der Waals surface area contributed by atoms with Crippen LogP contribution in [0.5, 0.6) is 0 Å². The zero-order valence-electron chi connectivity index (χ0n) is 10.9. The number of esters is 1.